The van der Waals surface area contributed by atoms with Crippen molar-refractivity contribution in [2.24, 2.45) is 0 Å². The minimum Gasteiger partial charge on any atom is -0.466 e. The third kappa shape index (κ3) is 8.05. The van der Waals surface area contributed by atoms with E-state index in [1.54, 1.807) is 0 Å². The number of hydrogen-bond acceptors (Lipinski definition) is 7. The predicted octanol–water partition coefficient (Wildman–Crippen LogP) is -1.29. The normalized spacial score (nSPS) is 15.7. The van der Waals surface area contributed by atoms with Gasteiger partial charge in [-0.15, -0.1) is 0 Å². The Morgan fingerprint density at radius 2 is 1.86 bits per heavy atom. The van der Waals surface area contributed by atoms with Gasteiger partial charge in [-0.05, 0) is 0 Å². The van der Waals surface area contributed by atoms with Crippen molar-refractivity contribution in [3.63, 3.8) is 0 Å². The lowest BCUT2D eigenvalue weighted by Gasteiger charge is -2.25. The Hall–Kier alpha value is -1.93. The van der Waals surface area contributed by atoms with Crippen molar-refractivity contribution in [3.05, 3.63) is 12.2 Å². The standard InChI is InChI=1S/C13H20N2O6/c1-19-12(17)2-3-13(18)21-7-4-14-11(16)10-15-5-8-20-9-6-15/h2-3H,4-10H2,1H3,(H,14,16)/b3-2+. The molecular weight excluding hydrogens is 280 g/mol. The molecule has 8 nitrogen and oxygen atoms in total. The third-order valence-electron chi connectivity index (χ3n) is 2.70. The van der Waals surface area contributed by atoms with Crippen LogP contribution in [0.2, 0.25) is 0 Å². The molecule has 1 amide bonds. The summed E-state index contributed by atoms with van der Waals surface area (Å²) in [5.74, 6) is -1.42. The fraction of sp³-hybridized carbons (Fsp3) is 0.615. The first-order chi connectivity index (χ1) is 10.1. The van der Waals surface area contributed by atoms with Gasteiger partial charge in [-0.1, -0.05) is 0 Å². The number of hydrogen-bond donors (Lipinski definition) is 1. The molecule has 0 aromatic heterocycles. The molecule has 0 atom stereocenters. The van der Waals surface area contributed by atoms with Crippen LogP contribution in [0, 0.1) is 0 Å². The Morgan fingerprint density at radius 3 is 2.52 bits per heavy atom. The lowest BCUT2D eigenvalue weighted by Crippen LogP contribution is -2.43. The minimum atomic E-state index is -0.664. The number of carbonyl (C=O) groups is 3. The summed E-state index contributed by atoms with van der Waals surface area (Å²) in [6, 6.07) is 0. The summed E-state index contributed by atoms with van der Waals surface area (Å²) >= 11 is 0. The topological polar surface area (TPSA) is 94.2 Å². The summed E-state index contributed by atoms with van der Waals surface area (Å²) in [4.78, 5) is 35.5. The van der Waals surface area contributed by atoms with Crippen LogP contribution < -0.4 is 5.32 Å². The van der Waals surface area contributed by atoms with Crippen molar-refractivity contribution in [2.75, 3.05) is 53.1 Å². The highest BCUT2D eigenvalue weighted by Gasteiger charge is 2.13. The number of nitrogens with one attached hydrogen (secondary N) is 1. The van der Waals surface area contributed by atoms with Gasteiger partial charge in [0, 0.05) is 25.2 Å². The van der Waals surface area contributed by atoms with E-state index in [0.29, 0.717) is 19.8 Å². The zero-order chi connectivity index (χ0) is 15.5. The van der Waals surface area contributed by atoms with E-state index in [1.165, 1.54) is 7.11 Å². The van der Waals surface area contributed by atoms with E-state index in [-0.39, 0.29) is 19.1 Å². The maximum atomic E-state index is 11.6. The minimum absolute atomic E-state index is 0.0409. The van der Waals surface area contributed by atoms with Crippen LogP contribution in [0.5, 0.6) is 0 Å². The molecule has 1 N–H and O–H groups in total. The smallest absolute Gasteiger partial charge is 0.331 e. The van der Waals surface area contributed by atoms with Gasteiger partial charge in [0.2, 0.25) is 5.91 Å². The fourth-order valence-corrected chi connectivity index (χ4v) is 1.61. The van der Waals surface area contributed by atoms with Crippen molar-refractivity contribution in [1.82, 2.24) is 10.2 Å². The molecule has 0 radical (unpaired) electrons. The number of amides is 1. The lowest BCUT2D eigenvalue weighted by molar-refractivity contribution is -0.139. The maximum absolute atomic E-state index is 11.6. The van der Waals surface area contributed by atoms with Gasteiger partial charge in [0.15, 0.2) is 0 Å². The highest BCUT2D eigenvalue weighted by Crippen LogP contribution is 1.95. The first-order valence-electron chi connectivity index (χ1n) is 6.61. The molecule has 8 heteroatoms. The highest BCUT2D eigenvalue weighted by molar-refractivity contribution is 5.91. The van der Waals surface area contributed by atoms with Crippen LogP contribution in [0.1, 0.15) is 0 Å². The molecule has 0 aliphatic carbocycles. The Labute approximate surface area is 123 Å². The van der Waals surface area contributed by atoms with Crippen LogP contribution >= 0.6 is 0 Å². The van der Waals surface area contributed by atoms with Crippen LogP contribution in [0.3, 0.4) is 0 Å². The Balaban J connectivity index is 2.07. The van der Waals surface area contributed by atoms with Crippen LogP contribution in [0.15, 0.2) is 12.2 Å². The number of carbonyl (C=O) groups excluding carboxylic acids is 3. The van der Waals surface area contributed by atoms with Gasteiger partial charge in [-0.25, -0.2) is 9.59 Å². The van der Waals surface area contributed by atoms with Crippen molar-refractivity contribution >= 4 is 17.8 Å². The zero-order valence-electron chi connectivity index (χ0n) is 12.0. The first kappa shape index (κ1) is 17.1. The van der Waals surface area contributed by atoms with Crippen molar-refractivity contribution < 1.29 is 28.6 Å². The van der Waals surface area contributed by atoms with Gasteiger partial charge < -0.3 is 19.5 Å². The molecule has 1 heterocycles. The van der Waals surface area contributed by atoms with Gasteiger partial charge in [0.25, 0.3) is 0 Å². The van der Waals surface area contributed by atoms with Crippen LogP contribution in [-0.2, 0) is 28.6 Å². The van der Waals surface area contributed by atoms with E-state index < -0.39 is 11.9 Å². The van der Waals surface area contributed by atoms with Crippen LogP contribution in [0.4, 0.5) is 0 Å². The summed E-state index contributed by atoms with van der Waals surface area (Å²) < 4.78 is 14.3. The van der Waals surface area contributed by atoms with E-state index in [0.717, 1.165) is 25.2 Å². The Bertz CT molecular complexity index is 390. The van der Waals surface area contributed by atoms with Crippen LogP contribution in [0.25, 0.3) is 0 Å². The molecule has 0 aromatic carbocycles. The molecule has 0 aromatic rings. The number of ether oxygens (including phenoxy) is 3. The predicted molar refractivity (Wildman–Crippen MR) is 72.4 cm³/mol. The molecule has 0 unspecified atom stereocenters. The maximum Gasteiger partial charge on any atom is 0.331 e. The van der Waals surface area contributed by atoms with Gasteiger partial charge in [-0.2, -0.15) is 0 Å². The molecule has 1 saturated heterocycles. The number of nitrogens with zero attached hydrogens (tertiary/aromatic N) is 1. The van der Waals surface area contributed by atoms with Crippen molar-refractivity contribution in [2.45, 2.75) is 0 Å². The second kappa shape index (κ2) is 9.89. The summed E-state index contributed by atoms with van der Waals surface area (Å²) in [6.45, 7) is 3.32. The number of rotatable bonds is 7. The van der Waals surface area contributed by atoms with Gasteiger partial charge >= 0.3 is 11.9 Å². The quantitative estimate of drug-likeness (QED) is 0.355. The highest BCUT2D eigenvalue weighted by atomic mass is 16.5. The molecule has 1 fully saturated rings. The Morgan fingerprint density at radius 1 is 1.19 bits per heavy atom. The van der Waals surface area contributed by atoms with E-state index in [2.05, 4.69) is 10.1 Å². The third-order valence-corrected chi connectivity index (χ3v) is 2.70. The van der Waals surface area contributed by atoms with Gasteiger partial charge in [-0.3, -0.25) is 9.69 Å². The van der Waals surface area contributed by atoms with Gasteiger partial charge in [0.1, 0.15) is 6.61 Å². The molecular formula is C13H20N2O6. The molecule has 1 aliphatic rings. The fourth-order valence-electron chi connectivity index (χ4n) is 1.61. The van der Waals surface area contributed by atoms with Crippen molar-refractivity contribution in [1.29, 1.82) is 0 Å². The van der Waals surface area contributed by atoms with E-state index in [1.807, 2.05) is 4.90 Å². The molecule has 21 heavy (non-hydrogen) atoms. The monoisotopic (exact) mass is 300 g/mol. The Kier molecular flexibility index (Phi) is 8.07. The average molecular weight is 300 g/mol. The number of esters is 2. The summed E-state index contributed by atoms with van der Waals surface area (Å²) in [6.07, 6.45) is 1.95. The largest absolute Gasteiger partial charge is 0.466 e. The summed E-state index contributed by atoms with van der Waals surface area (Å²) in [5, 5.41) is 2.65. The summed E-state index contributed by atoms with van der Waals surface area (Å²) in [5.41, 5.74) is 0. The molecule has 1 rings (SSSR count). The lowest BCUT2D eigenvalue weighted by atomic mass is 10.4. The number of methoxy groups -OCH3 is 1. The molecule has 0 saturated carbocycles. The molecule has 118 valence electrons. The zero-order valence-corrected chi connectivity index (χ0v) is 12.0. The SMILES string of the molecule is COC(=O)/C=C/C(=O)OCCNC(=O)CN1CCOCC1. The van der Waals surface area contributed by atoms with Crippen LogP contribution in [-0.4, -0.2) is 75.9 Å². The first-order valence-corrected chi connectivity index (χ1v) is 6.61. The van der Waals surface area contributed by atoms with E-state index in [4.69, 9.17) is 9.47 Å². The van der Waals surface area contributed by atoms with Crippen molar-refractivity contribution in [3.8, 4) is 0 Å². The molecule has 0 spiro atoms. The number of morpholine rings is 1. The second-order valence-electron chi connectivity index (χ2n) is 4.26. The second-order valence-corrected chi connectivity index (χ2v) is 4.26. The van der Waals surface area contributed by atoms with E-state index in [9.17, 15) is 14.4 Å². The van der Waals surface area contributed by atoms with E-state index >= 15 is 0 Å². The average Bonchev–Trinajstić information content (AvgIpc) is 2.50. The molecule has 0 bridgehead atoms. The summed E-state index contributed by atoms with van der Waals surface area (Å²) in [7, 11) is 1.21. The van der Waals surface area contributed by atoms with Gasteiger partial charge in [0.05, 0.1) is 33.4 Å². The molecule has 1 aliphatic heterocycles.